The van der Waals surface area contributed by atoms with Crippen molar-refractivity contribution in [3.05, 3.63) is 38.7 Å². The molecule has 0 atom stereocenters. The maximum atomic E-state index is 12.2. The van der Waals surface area contributed by atoms with E-state index in [9.17, 15) is 14.7 Å². The normalized spacial score (nSPS) is 10.8. The molecule has 106 valence electrons. The number of carbonyl (C=O) groups is 1. The molecule has 0 aliphatic heterocycles. The topological polar surface area (TPSA) is 76.7 Å². The van der Waals surface area contributed by atoms with Crippen molar-refractivity contribution in [3.8, 4) is 5.75 Å². The molecule has 0 saturated carbocycles. The lowest BCUT2D eigenvalue weighted by atomic mass is 9.99. The summed E-state index contributed by atoms with van der Waals surface area (Å²) in [5.74, 6) is -0.725. The lowest BCUT2D eigenvalue weighted by Crippen LogP contribution is -2.11. The zero-order valence-corrected chi connectivity index (χ0v) is 11.9. The van der Waals surface area contributed by atoms with Crippen LogP contribution in [0.3, 0.4) is 0 Å². The van der Waals surface area contributed by atoms with Crippen molar-refractivity contribution in [3.63, 3.8) is 0 Å². The molecule has 0 spiro atoms. The minimum absolute atomic E-state index is 0.0752. The molecule has 0 fully saturated rings. The molecule has 0 bridgehead atoms. The van der Waals surface area contributed by atoms with Crippen molar-refractivity contribution >= 4 is 16.9 Å². The number of phenolic OH excluding ortho intramolecular Hbond substituents is 1. The predicted octanol–water partition coefficient (Wildman–Crippen LogP) is 2.60. The van der Waals surface area contributed by atoms with Gasteiger partial charge in [0, 0.05) is 11.6 Å². The van der Waals surface area contributed by atoms with Gasteiger partial charge in [0.15, 0.2) is 5.43 Å². The van der Waals surface area contributed by atoms with Gasteiger partial charge < -0.3 is 14.3 Å². The smallest absolute Gasteiger partial charge is 0.374 e. The third-order valence-electron chi connectivity index (χ3n) is 3.41. The Morgan fingerprint density at radius 3 is 2.50 bits per heavy atom. The Morgan fingerprint density at radius 2 is 1.90 bits per heavy atom. The Labute approximate surface area is 115 Å². The van der Waals surface area contributed by atoms with E-state index in [0.29, 0.717) is 27.7 Å². The van der Waals surface area contributed by atoms with Crippen LogP contribution in [-0.2, 0) is 4.74 Å². The highest BCUT2D eigenvalue weighted by molar-refractivity contribution is 5.92. The van der Waals surface area contributed by atoms with Crippen LogP contribution in [0.1, 0.15) is 34.2 Å². The molecule has 1 aromatic carbocycles. The van der Waals surface area contributed by atoms with Crippen LogP contribution in [-0.4, -0.2) is 17.7 Å². The van der Waals surface area contributed by atoms with Crippen molar-refractivity contribution in [2.75, 3.05) is 6.61 Å². The zero-order chi connectivity index (χ0) is 15.0. The molecule has 0 amide bonds. The molecule has 1 aromatic heterocycles. The van der Waals surface area contributed by atoms with Crippen molar-refractivity contribution < 1.29 is 19.1 Å². The summed E-state index contributed by atoms with van der Waals surface area (Å²) in [6.45, 7) is 6.98. The van der Waals surface area contributed by atoms with E-state index in [2.05, 4.69) is 0 Å². The summed E-state index contributed by atoms with van der Waals surface area (Å²) in [4.78, 5) is 23.9. The number of rotatable bonds is 2. The fourth-order valence-corrected chi connectivity index (χ4v) is 2.16. The van der Waals surface area contributed by atoms with Crippen molar-refractivity contribution in [2.45, 2.75) is 27.7 Å². The summed E-state index contributed by atoms with van der Waals surface area (Å²) in [6, 6.07) is 1.10. The lowest BCUT2D eigenvalue weighted by Gasteiger charge is -2.11. The highest BCUT2D eigenvalue weighted by Gasteiger charge is 2.19. The summed E-state index contributed by atoms with van der Waals surface area (Å²) < 4.78 is 10.4. The number of benzene rings is 1. The molecular weight excluding hydrogens is 260 g/mol. The number of phenols is 1. The van der Waals surface area contributed by atoms with Gasteiger partial charge in [0.2, 0.25) is 5.76 Å². The molecule has 2 aromatic rings. The first kappa shape index (κ1) is 14.1. The van der Waals surface area contributed by atoms with Gasteiger partial charge in [0.05, 0.1) is 12.0 Å². The van der Waals surface area contributed by atoms with Crippen LogP contribution in [0.2, 0.25) is 0 Å². The minimum atomic E-state index is -0.672. The first-order chi connectivity index (χ1) is 9.38. The van der Waals surface area contributed by atoms with Crippen LogP contribution in [0.4, 0.5) is 0 Å². The number of carbonyl (C=O) groups excluding carboxylic acids is 1. The molecule has 0 unspecified atom stereocenters. The number of fused-ring (bicyclic) bond motifs is 1. The fourth-order valence-electron chi connectivity index (χ4n) is 2.16. The Hall–Kier alpha value is -2.30. The number of aromatic hydroxyl groups is 1. The van der Waals surface area contributed by atoms with Crippen LogP contribution in [0, 0.1) is 20.8 Å². The number of hydrogen-bond donors (Lipinski definition) is 1. The van der Waals surface area contributed by atoms with Crippen LogP contribution in [0.5, 0.6) is 5.75 Å². The SMILES string of the molecule is CCOC(=O)c1cc(=O)c2c(C)c(O)c(C)c(C)c2o1. The standard InChI is InChI=1S/C15H16O5/c1-5-19-15(18)11-6-10(16)12-9(4)13(17)7(2)8(3)14(12)20-11/h6,17H,5H2,1-4H3. The van der Waals surface area contributed by atoms with Crippen molar-refractivity contribution in [1.29, 1.82) is 0 Å². The van der Waals surface area contributed by atoms with E-state index in [1.165, 1.54) is 0 Å². The van der Waals surface area contributed by atoms with E-state index >= 15 is 0 Å². The van der Waals surface area contributed by atoms with Gasteiger partial charge in [-0.25, -0.2) is 4.79 Å². The molecular formula is C15H16O5. The molecule has 5 heteroatoms. The number of hydrogen-bond acceptors (Lipinski definition) is 5. The average molecular weight is 276 g/mol. The zero-order valence-electron chi connectivity index (χ0n) is 11.9. The van der Waals surface area contributed by atoms with Gasteiger partial charge in [-0.1, -0.05) is 0 Å². The molecule has 20 heavy (non-hydrogen) atoms. The molecule has 0 aliphatic carbocycles. The largest absolute Gasteiger partial charge is 0.507 e. The second-order valence-electron chi connectivity index (χ2n) is 4.62. The Kier molecular flexibility index (Phi) is 3.53. The van der Waals surface area contributed by atoms with Crippen molar-refractivity contribution in [1.82, 2.24) is 0 Å². The predicted molar refractivity (Wildman–Crippen MR) is 74.3 cm³/mol. The molecule has 0 aliphatic rings. The maximum absolute atomic E-state index is 12.2. The quantitative estimate of drug-likeness (QED) is 0.853. The van der Waals surface area contributed by atoms with E-state index in [0.717, 1.165) is 6.07 Å². The number of aryl methyl sites for hydroxylation is 2. The number of esters is 1. The van der Waals surface area contributed by atoms with E-state index in [-0.39, 0.29) is 23.5 Å². The first-order valence-electron chi connectivity index (χ1n) is 6.32. The lowest BCUT2D eigenvalue weighted by molar-refractivity contribution is 0.0490. The minimum Gasteiger partial charge on any atom is -0.507 e. The van der Waals surface area contributed by atoms with Gasteiger partial charge in [-0.05, 0) is 38.8 Å². The summed E-state index contributed by atoms with van der Waals surface area (Å²) in [7, 11) is 0. The van der Waals surface area contributed by atoms with E-state index in [1.54, 1.807) is 27.7 Å². The third kappa shape index (κ3) is 2.05. The highest BCUT2D eigenvalue weighted by atomic mass is 16.5. The maximum Gasteiger partial charge on any atom is 0.374 e. The molecule has 0 saturated heterocycles. The molecule has 5 nitrogen and oxygen atoms in total. The van der Waals surface area contributed by atoms with Crippen LogP contribution < -0.4 is 5.43 Å². The molecule has 1 N–H and O–H groups in total. The van der Waals surface area contributed by atoms with Crippen LogP contribution in [0.25, 0.3) is 11.0 Å². The third-order valence-corrected chi connectivity index (χ3v) is 3.41. The first-order valence-corrected chi connectivity index (χ1v) is 6.32. The van der Waals surface area contributed by atoms with Gasteiger partial charge in [-0.2, -0.15) is 0 Å². The average Bonchev–Trinajstić information content (AvgIpc) is 2.42. The summed E-state index contributed by atoms with van der Waals surface area (Å²) >= 11 is 0. The highest BCUT2D eigenvalue weighted by Crippen LogP contribution is 2.32. The van der Waals surface area contributed by atoms with Gasteiger partial charge in [0.25, 0.3) is 0 Å². The van der Waals surface area contributed by atoms with Gasteiger partial charge in [-0.3, -0.25) is 4.79 Å². The van der Waals surface area contributed by atoms with E-state index < -0.39 is 5.97 Å². The van der Waals surface area contributed by atoms with Gasteiger partial charge in [0.1, 0.15) is 11.3 Å². The van der Waals surface area contributed by atoms with Gasteiger partial charge in [-0.15, -0.1) is 0 Å². The molecule has 1 heterocycles. The van der Waals surface area contributed by atoms with Crippen LogP contribution >= 0.6 is 0 Å². The molecule has 0 radical (unpaired) electrons. The Balaban J connectivity index is 2.85. The van der Waals surface area contributed by atoms with E-state index in [4.69, 9.17) is 9.15 Å². The second kappa shape index (κ2) is 5.00. The van der Waals surface area contributed by atoms with Gasteiger partial charge >= 0.3 is 5.97 Å². The Morgan fingerprint density at radius 1 is 1.25 bits per heavy atom. The fraction of sp³-hybridized carbons (Fsp3) is 0.333. The van der Waals surface area contributed by atoms with Crippen molar-refractivity contribution in [2.24, 2.45) is 0 Å². The molecule has 2 rings (SSSR count). The summed E-state index contributed by atoms with van der Waals surface area (Å²) in [6.07, 6.45) is 0. The monoisotopic (exact) mass is 276 g/mol. The van der Waals surface area contributed by atoms with Crippen LogP contribution in [0.15, 0.2) is 15.3 Å². The Bertz CT molecular complexity index is 755. The van der Waals surface area contributed by atoms with E-state index in [1.807, 2.05) is 0 Å². The summed E-state index contributed by atoms with van der Waals surface area (Å²) in [5.41, 5.74) is 1.65. The second-order valence-corrected chi connectivity index (χ2v) is 4.62. The summed E-state index contributed by atoms with van der Waals surface area (Å²) in [5, 5.41) is 10.3. The number of ether oxygens (including phenoxy) is 1.